The summed E-state index contributed by atoms with van der Waals surface area (Å²) in [5, 5.41) is 3.61. The lowest BCUT2D eigenvalue weighted by Gasteiger charge is -2.34. The Balaban J connectivity index is 1.94. The Morgan fingerprint density at radius 3 is 2.50 bits per heavy atom. The molecule has 1 saturated carbocycles. The minimum Gasteiger partial charge on any atom is -0.380 e. The van der Waals surface area contributed by atoms with Crippen LogP contribution in [0.2, 0.25) is 0 Å². The van der Waals surface area contributed by atoms with Crippen LogP contribution in [-0.2, 0) is 4.74 Å². The van der Waals surface area contributed by atoms with Crippen LogP contribution in [0.15, 0.2) is 0 Å². The Hall–Kier alpha value is -0.0800. The molecule has 2 heteroatoms. The van der Waals surface area contributed by atoms with Crippen molar-refractivity contribution in [2.24, 2.45) is 5.41 Å². The van der Waals surface area contributed by atoms with Crippen molar-refractivity contribution in [2.45, 2.75) is 65.3 Å². The van der Waals surface area contributed by atoms with Gasteiger partial charge in [0.15, 0.2) is 0 Å². The van der Waals surface area contributed by atoms with Gasteiger partial charge in [0, 0.05) is 19.2 Å². The maximum atomic E-state index is 5.54. The zero-order valence-electron chi connectivity index (χ0n) is 11.3. The zero-order chi connectivity index (χ0) is 11.9. The molecule has 0 heterocycles. The fourth-order valence-corrected chi connectivity index (χ4v) is 2.29. The van der Waals surface area contributed by atoms with Crippen LogP contribution in [-0.4, -0.2) is 25.8 Å². The maximum absolute atomic E-state index is 5.54. The number of ether oxygens (including phenoxy) is 1. The third-order valence-electron chi connectivity index (χ3n) is 3.66. The van der Waals surface area contributed by atoms with Crippen molar-refractivity contribution >= 4 is 0 Å². The quantitative estimate of drug-likeness (QED) is 0.673. The second-order valence-corrected chi connectivity index (χ2v) is 5.86. The maximum Gasteiger partial charge on any atom is 0.0590 e. The Kier molecular flexibility index (Phi) is 6.37. The summed E-state index contributed by atoms with van der Waals surface area (Å²) in [6.07, 6.45) is 7.81. The Morgan fingerprint density at radius 2 is 1.88 bits per heavy atom. The number of rotatable bonds is 7. The molecule has 1 N–H and O–H groups in total. The Labute approximate surface area is 101 Å². The van der Waals surface area contributed by atoms with E-state index in [1.807, 2.05) is 0 Å². The van der Waals surface area contributed by atoms with Crippen molar-refractivity contribution < 1.29 is 4.74 Å². The zero-order valence-corrected chi connectivity index (χ0v) is 11.3. The van der Waals surface area contributed by atoms with Crippen molar-refractivity contribution in [1.82, 2.24) is 5.32 Å². The summed E-state index contributed by atoms with van der Waals surface area (Å²) in [6, 6.07) is 0.739. The normalized spacial score (nSPS) is 21.2. The highest BCUT2D eigenvalue weighted by Crippen LogP contribution is 2.34. The summed E-state index contributed by atoms with van der Waals surface area (Å²) in [7, 11) is 0. The van der Waals surface area contributed by atoms with Gasteiger partial charge in [-0.25, -0.2) is 0 Å². The Morgan fingerprint density at radius 1 is 1.19 bits per heavy atom. The number of hydrogen-bond donors (Lipinski definition) is 1. The van der Waals surface area contributed by atoms with E-state index in [9.17, 15) is 0 Å². The second kappa shape index (κ2) is 7.29. The lowest BCUT2D eigenvalue weighted by Crippen LogP contribution is -2.37. The van der Waals surface area contributed by atoms with Crippen LogP contribution in [0, 0.1) is 5.41 Å². The Bertz CT molecular complexity index is 170. The summed E-state index contributed by atoms with van der Waals surface area (Å²) < 4.78 is 5.54. The van der Waals surface area contributed by atoms with Gasteiger partial charge < -0.3 is 10.1 Å². The van der Waals surface area contributed by atoms with Gasteiger partial charge in [-0.05, 0) is 37.5 Å². The van der Waals surface area contributed by atoms with Crippen molar-refractivity contribution in [1.29, 1.82) is 0 Å². The molecule has 96 valence electrons. The molecule has 0 amide bonds. The van der Waals surface area contributed by atoms with Crippen LogP contribution < -0.4 is 5.32 Å². The first-order valence-electron chi connectivity index (χ1n) is 6.95. The fraction of sp³-hybridized carbons (Fsp3) is 1.00. The SMILES string of the molecule is CCCCOCCNC1CCC(C)(C)CC1. The van der Waals surface area contributed by atoms with Crippen molar-refractivity contribution in [3.63, 3.8) is 0 Å². The van der Waals surface area contributed by atoms with Crippen molar-refractivity contribution in [3.05, 3.63) is 0 Å². The molecule has 1 fully saturated rings. The van der Waals surface area contributed by atoms with Gasteiger partial charge in [0.05, 0.1) is 6.61 Å². The lowest BCUT2D eigenvalue weighted by molar-refractivity contribution is 0.125. The highest BCUT2D eigenvalue weighted by atomic mass is 16.5. The van der Waals surface area contributed by atoms with Gasteiger partial charge in [0.25, 0.3) is 0 Å². The predicted molar refractivity (Wildman–Crippen MR) is 69.8 cm³/mol. The topological polar surface area (TPSA) is 21.3 Å². The van der Waals surface area contributed by atoms with Gasteiger partial charge >= 0.3 is 0 Å². The van der Waals surface area contributed by atoms with E-state index >= 15 is 0 Å². The summed E-state index contributed by atoms with van der Waals surface area (Å²) in [5.41, 5.74) is 0.579. The molecule has 0 saturated heterocycles. The van der Waals surface area contributed by atoms with E-state index in [1.165, 1.54) is 38.5 Å². The highest BCUT2D eigenvalue weighted by molar-refractivity contribution is 4.81. The van der Waals surface area contributed by atoms with E-state index in [0.717, 1.165) is 25.8 Å². The van der Waals surface area contributed by atoms with Gasteiger partial charge in [0.2, 0.25) is 0 Å². The van der Waals surface area contributed by atoms with Crippen LogP contribution in [0.25, 0.3) is 0 Å². The van der Waals surface area contributed by atoms with Gasteiger partial charge in [-0.1, -0.05) is 27.2 Å². The molecule has 0 radical (unpaired) electrons. The molecule has 0 aromatic carbocycles. The van der Waals surface area contributed by atoms with Gasteiger partial charge in [-0.2, -0.15) is 0 Å². The molecule has 16 heavy (non-hydrogen) atoms. The first-order valence-corrected chi connectivity index (χ1v) is 6.95. The smallest absolute Gasteiger partial charge is 0.0590 e. The summed E-state index contributed by atoms with van der Waals surface area (Å²) in [6.45, 7) is 9.80. The molecular formula is C14H29NO. The molecule has 1 aliphatic rings. The van der Waals surface area contributed by atoms with E-state index in [2.05, 4.69) is 26.1 Å². The molecule has 1 aliphatic carbocycles. The molecule has 0 aliphatic heterocycles. The third-order valence-corrected chi connectivity index (χ3v) is 3.66. The largest absolute Gasteiger partial charge is 0.380 e. The number of hydrogen-bond acceptors (Lipinski definition) is 2. The lowest BCUT2D eigenvalue weighted by atomic mass is 9.75. The molecular weight excluding hydrogens is 198 g/mol. The fourth-order valence-electron chi connectivity index (χ4n) is 2.29. The molecule has 0 atom stereocenters. The van der Waals surface area contributed by atoms with E-state index in [1.54, 1.807) is 0 Å². The minimum absolute atomic E-state index is 0.579. The summed E-state index contributed by atoms with van der Waals surface area (Å²) >= 11 is 0. The monoisotopic (exact) mass is 227 g/mol. The molecule has 0 aromatic heterocycles. The molecule has 0 unspecified atom stereocenters. The predicted octanol–water partition coefficient (Wildman–Crippen LogP) is 3.36. The minimum atomic E-state index is 0.579. The van der Waals surface area contributed by atoms with Crippen LogP contribution in [0.5, 0.6) is 0 Å². The molecule has 2 nitrogen and oxygen atoms in total. The van der Waals surface area contributed by atoms with E-state index < -0.39 is 0 Å². The first kappa shape index (κ1) is 14.0. The van der Waals surface area contributed by atoms with Crippen LogP contribution in [0.1, 0.15) is 59.3 Å². The van der Waals surface area contributed by atoms with Gasteiger partial charge in [0.1, 0.15) is 0 Å². The van der Waals surface area contributed by atoms with Crippen LogP contribution in [0.3, 0.4) is 0 Å². The first-order chi connectivity index (χ1) is 7.64. The van der Waals surface area contributed by atoms with Crippen LogP contribution in [0.4, 0.5) is 0 Å². The molecule has 1 rings (SSSR count). The van der Waals surface area contributed by atoms with E-state index in [-0.39, 0.29) is 0 Å². The molecule has 0 bridgehead atoms. The van der Waals surface area contributed by atoms with E-state index in [0.29, 0.717) is 5.41 Å². The average Bonchev–Trinajstić information content (AvgIpc) is 2.25. The van der Waals surface area contributed by atoms with Crippen LogP contribution >= 0.6 is 0 Å². The molecule has 0 aromatic rings. The average molecular weight is 227 g/mol. The van der Waals surface area contributed by atoms with Crippen molar-refractivity contribution in [3.8, 4) is 0 Å². The highest BCUT2D eigenvalue weighted by Gasteiger charge is 2.26. The van der Waals surface area contributed by atoms with Crippen molar-refractivity contribution in [2.75, 3.05) is 19.8 Å². The van der Waals surface area contributed by atoms with Gasteiger partial charge in [-0.15, -0.1) is 0 Å². The summed E-state index contributed by atoms with van der Waals surface area (Å²) in [5.74, 6) is 0. The number of nitrogens with one attached hydrogen (secondary N) is 1. The summed E-state index contributed by atoms with van der Waals surface area (Å²) in [4.78, 5) is 0. The second-order valence-electron chi connectivity index (χ2n) is 5.86. The standard InChI is InChI=1S/C14H29NO/c1-4-5-11-16-12-10-15-13-6-8-14(2,3)9-7-13/h13,15H,4-12H2,1-3H3. The number of unbranched alkanes of at least 4 members (excludes halogenated alkanes) is 1. The van der Waals surface area contributed by atoms with Gasteiger partial charge in [-0.3, -0.25) is 0 Å². The molecule has 0 spiro atoms. The van der Waals surface area contributed by atoms with E-state index in [4.69, 9.17) is 4.74 Å². The third kappa shape index (κ3) is 5.86.